The number of hydrogen-bond acceptors (Lipinski definition) is 7. The van der Waals surface area contributed by atoms with Crippen molar-refractivity contribution in [3.8, 4) is 5.75 Å². The molecule has 2 heterocycles. The zero-order valence-corrected chi connectivity index (χ0v) is 15.4. The van der Waals surface area contributed by atoms with Gasteiger partial charge in [-0.1, -0.05) is 0 Å². The van der Waals surface area contributed by atoms with Crippen LogP contribution in [0.5, 0.6) is 5.75 Å². The van der Waals surface area contributed by atoms with Gasteiger partial charge in [-0.3, -0.25) is 19.5 Å². The van der Waals surface area contributed by atoms with E-state index in [0.717, 1.165) is 5.56 Å². The lowest BCUT2D eigenvalue weighted by Crippen LogP contribution is -2.49. The number of amides is 1. The number of ether oxygens (including phenoxy) is 2. The topological polar surface area (TPSA) is 101 Å². The Hall–Kier alpha value is -2.97. The average molecular weight is 385 g/mol. The lowest BCUT2D eigenvalue weighted by molar-refractivity contribution is -0.148. The molecule has 0 aliphatic carbocycles. The summed E-state index contributed by atoms with van der Waals surface area (Å²) in [5.41, 5.74) is 1.35. The fraction of sp³-hybridized carbons (Fsp3) is 0.350. The Kier molecular flexibility index (Phi) is 6.94. The SMILES string of the molecule is O=C(CN1CCOC(CNC(=O)c2ccc(O)cc2)C1)OCc1ccncc1. The number of carbonyl (C=O) groups excluding carboxylic acids is 2. The maximum absolute atomic E-state index is 12.1. The van der Waals surface area contributed by atoms with Crippen molar-refractivity contribution < 1.29 is 24.2 Å². The molecule has 1 fully saturated rings. The molecule has 148 valence electrons. The first-order valence-corrected chi connectivity index (χ1v) is 9.06. The van der Waals surface area contributed by atoms with Crippen LogP contribution in [-0.4, -0.2) is 65.8 Å². The Morgan fingerprint density at radius 2 is 1.96 bits per heavy atom. The number of nitrogens with zero attached hydrogens (tertiary/aromatic N) is 2. The van der Waals surface area contributed by atoms with E-state index in [-0.39, 0.29) is 36.9 Å². The van der Waals surface area contributed by atoms with Crippen LogP contribution >= 0.6 is 0 Å². The summed E-state index contributed by atoms with van der Waals surface area (Å²) < 4.78 is 11.0. The quantitative estimate of drug-likeness (QED) is 0.685. The average Bonchev–Trinajstić information content (AvgIpc) is 2.72. The van der Waals surface area contributed by atoms with Gasteiger partial charge in [0, 0.05) is 37.6 Å². The first-order valence-electron chi connectivity index (χ1n) is 9.06. The van der Waals surface area contributed by atoms with Gasteiger partial charge in [0.25, 0.3) is 5.91 Å². The molecule has 0 spiro atoms. The number of phenols is 1. The molecule has 2 N–H and O–H groups in total. The van der Waals surface area contributed by atoms with E-state index in [1.54, 1.807) is 36.7 Å². The second-order valence-corrected chi connectivity index (χ2v) is 6.50. The van der Waals surface area contributed by atoms with E-state index in [0.29, 0.717) is 31.8 Å². The zero-order chi connectivity index (χ0) is 19.8. The van der Waals surface area contributed by atoms with E-state index in [4.69, 9.17) is 9.47 Å². The molecule has 0 radical (unpaired) electrons. The summed E-state index contributed by atoms with van der Waals surface area (Å²) in [4.78, 5) is 30.1. The number of aromatic hydroxyl groups is 1. The van der Waals surface area contributed by atoms with Gasteiger partial charge in [0.15, 0.2) is 0 Å². The molecule has 0 saturated carbocycles. The maximum Gasteiger partial charge on any atom is 0.320 e. The Labute approximate surface area is 163 Å². The largest absolute Gasteiger partial charge is 0.508 e. The number of carbonyl (C=O) groups is 2. The summed E-state index contributed by atoms with van der Waals surface area (Å²) in [5.74, 6) is -0.429. The summed E-state index contributed by atoms with van der Waals surface area (Å²) in [6.07, 6.45) is 3.10. The van der Waals surface area contributed by atoms with Gasteiger partial charge in [0.05, 0.1) is 19.3 Å². The summed E-state index contributed by atoms with van der Waals surface area (Å²) in [5, 5.41) is 12.1. The molecule has 1 atom stereocenters. The number of aromatic nitrogens is 1. The monoisotopic (exact) mass is 385 g/mol. The van der Waals surface area contributed by atoms with E-state index < -0.39 is 0 Å². The summed E-state index contributed by atoms with van der Waals surface area (Å²) >= 11 is 0. The van der Waals surface area contributed by atoms with Crippen LogP contribution in [0.1, 0.15) is 15.9 Å². The van der Waals surface area contributed by atoms with Crippen LogP contribution in [0.25, 0.3) is 0 Å². The smallest absolute Gasteiger partial charge is 0.320 e. The molecule has 1 saturated heterocycles. The molecule has 2 aromatic rings. The van der Waals surface area contributed by atoms with Crippen LogP contribution in [0.2, 0.25) is 0 Å². The van der Waals surface area contributed by atoms with E-state index in [9.17, 15) is 14.7 Å². The van der Waals surface area contributed by atoms with Gasteiger partial charge >= 0.3 is 5.97 Å². The summed E-state index contributed by atoms with van der Waals surface area (Å²) in [6, 6.07) is 9.63. The first kappa shape index (κ1) is 19.8. The molecule has 1 aromatic carbocycles. The molecule has 8 nitrogen and oxygen atoms in total. The van der Waals surface area contributed by atoms with Crippen LogP contribution in [0.3, 0.4) is 0 Å². The van der Waals surface area contributed by atoms with Gasteiger partial charge in [-0.05, 0) is 42.0 Å². The zero-order valence-electron chi connectivity index (χ0n) is 15.4. The molecule has 1 amide bonds. The normalized spacial score (nSPS) is 17.1. The third-order valence-electron chi connectivity index (χ3n) is 4.34. The van der Waals surface area contributed by atoms with Crippen LogP contribution < -0.4 is 5.32 Å². The minimum atomic E-state index is -0.300. The molecular formula is C20H23N3O5. The highest BCUT2D eigenvalue weighted by Gasteiger charge is 2.23. The standard InChI is InChI=1S/C20H23N3O5/c24-17-3-1-16(2-4-17)20(26)22-11-18-12-23(9-10-27-18)13-19(25)28-14-15-5-7-21-8-6-15/h1-8,18,24H,9-14H2,(H,22,26). The Balaban J connectivity index is 1.40. The van der Waals surface area contributed by atoms with E-state index in [2.05, 4.69) is 10.3 Å². The second kappa shape index (κ2) is 9.82. The number of esters is 1. The molecule has 8 heteroatoms. The second-order valence-electron chi connectivity index (χ2n) is 6.50. The number of nitrogens with one attached hydrogen (secondary N) is 1. The molecule has 1 aliphatic rings. The lowest BCUT2D eigenvalue weighted by Gasteiger charge is -2.32. The number of hydrogen-bond donors (Lipinski definition) is 2. The van der Waals surface area contributed by atoms with Crippen molar-refractivity contribution in [2.45, 2.75) is 12.7 Å². The van der Waals surface area contributed by atoms with Crippen molar-refractivity contribution in [2.75, 3.05) is 32.8 Å². The van der Waals surface area contributed by atoms with E-state index in [1.807, 2.05) is 4.90 Å². The van der Waals surface area contributed by atoms with E-state index >= 15 is 0 Å². The van der Waals surface area contributed by atoms with Crippen molar-refractivity contribution in [1.29, 1.82) is 0 Å². The fourth-order valence-electron chi connectivity index (χ4n) is 2.84. The predicted octanol–water partition coefficient (Wildman–Crippen LogP) is 0.961. The Morgan fingerprint density at radius 3 is 2.71 bits per heavy atom. The van der Waals surface area contributed by atoms with Crippen molar-refractivity contribution in [3.05, 3.63) is 59.9 Å². The number of morpholine rings is 1. The van der Waals surface area contributed by atoms with Crippen LogP contribution in [0.4, 0.5) is 0 Å². The van der Waals surface area contributed by atoms with Crippen molar-refractivity contribution in [3.63, 3.8) is 0 Å². The van der Waals surface area contributed by atoms with Crippen LogP contribution in [0, 0.1) is 0 Å². The van der Waals surface area contributed by atoms with Gasteiger partial charge in [0.1, 0.15) is 12.4 Å². The summed E-state index contributed by atoms with van der Waals surface area (Å²) in [6.45, 7) is 2.38. The van der Waals surface area contributed by atoms with Crippen molar-refractivity contribution in [1.82, 2.24) is 15.2 Å². The molecule has 3 rings (SSSR count). The van der Waals surface area contributed by atoms with Gasteiger partial charge in [-0.2, -0.15) is 0 Å². The van der Waals surface area contributed by atoms with Gasteiger partial charge in [-0.25, -0.2) is 0 Å². The molecule has 1 aliphatic heterocycles. The third-order valence-corrected chi connectivity index (χ3v) is 4.34. The van der Waals surface area contributed by atoms with Crippen molar-refractivity contribution in [2.24, 2.45) is 0 Å². The maximum atomic E-state index is 12.1. The van der Waals surface area contributed by atoms with Gasteiger partial charge in [-0.15, -0.1) is 0 Å². The molecule has 1 unspecified atom stereocenters. The van der Waals surface area contributed by atoms with Crippen molar-refractivity contribution >= 4 is 11.9 Å². The number of phenolic OH excluding ortho intramolecular Hbond substituents is 1. The molecule has 0 bridgehead atoms. The number of rotatable bonds is 7. The van der Waals surface area contributed by atoms with Crippen LogP contribution in [-0.2, 0) is 20.9 Å². The Morgan fingerprint density at radius 1 is 1.21 bits per heavy atom. The fourth-order valence-corrected chi connectivity index (χ4v) is 2.84. The number of benzene rings is 1. The highest BCUT2D eigenvalue weighted by Crippen LogP contribution is 2.10. The third kappa shape index (κ3) is 6.04. The molecular weight excluding hydrogens is 362 g/mol. The van der Waals surface area contributed by atoms with Gasteiger partial charge in [0.2, 0.25) is 0 Å². The minimum absolute atomic E-state index is 0.110. The highest BCUT2D eigenvalue weighted by atomic mass is 16.5. The van der Waals surface area contributed by atoms with Crippen LogP contribution in [0.15, 0.2) is 48.8 Å². The molecule has 28 heavy (non-hydrogen) atoms. The molecule has 1 aromatic heterocycles. The first-order chi connectivity index (χ1) is 13.6. The minimum Gasteiger partial charge on any atom is -0.508 e. The highest BCUT2D eigenvalue weighted by molar-refractivity contribution is 5.94. The Bertz CT molecular complexity index is 782. The number of pyridine rings is 1. The lowest BCUT2D eigenvalue weighted by atomic mass is 10.2. The predicted molar refractivity (Wildman–Crippen MR) is 101 cm³/mol. The van der Waals surface area contributed by atoms with Gasteiger partial charge < -0.3 is 19.9 Å². The van der Waals surface area contributed by atoms with E-state index in [1.165, 1.54) is 12.1 Å². The summed E-state index contributed by atoms with van der Waals surface area (Å²) in [7, 11) is 0.